The van der Waals surface area contributed by atoms with E-state index in [2.05, 4.69) is 0 Å². The van der Waals surface area contributed by atoms with Crippen molar-refractivity contribution in [3.05, 3.63) is 28.8 Å². The minimum Gasteiger partial charge on any atom is -0.426 e. The highest BCUT2D eigenvalue weighted by atomic mass is 35.5. The second-order valence-corrected chi connectivity index (χ2v) is 2.99. The summed E-state index contributed by atoms with van der Waals surface area (Å²) in [5.74, 6) is 0.0339. The van der Waals surface area contributed by atoms with Crippen LogP contribution in [0.5, 0.6) is 5.75 Å². The maximum atomic E-state index is 10.9. The van der Waals surface area contributed by atoms with E-state index in [-0.39, 0.29) is 11.0 Å². The van der Waals surface area contributed by atoms with Crippen LogP contribution in [-0.4, -0.2) is 5.97 Å². The average molecular weight is 210 g/mol. The molecule has 3 nitrogen and oxygen atoms in total. The predicted octanol–water partition coefficient (Wildman–Crippen LogP) is 2.53. The van der Waals surface area contributed by atoms with Crippen LogP contribution in [0.15, 0.2) is 18.2 Å². The molecule has 4 heteroatoms. The molecule has 0 saturated carbocycles. The van der Waals surface area contributed by atoms with E-state index in [9.17, 15) is 4.79 Å². The van der Waals surface area contributed by atoms with E-state index in [1.807, 2.05) is 6.07 Å². The minimum atomic E-state index is -0.328. The van der Waals surface area contributed by atoms with E-state index in [1.54, 1.807) is 6.92 Å². The summed E-state index contributed by atoms with van der Waals surface area (Å²) in [5.41, 5.74) is 0.364. The van der Waals surface area contributed by atoms with Crippen molar-refractivity contribution in [2.45, 2.75) is 13.3 Å². The van der Waals surface area contributed by atoms with Gasteiger partial charge in [-0.15, -0.1) is 0 Å². The van der Waals surface area contributed by atoms with Crippen molar-refractivity contribution in [1.82, 2.24) is 0 Å². The van der Waals surface area contributed by atoms with Gasteiger partial charge in [-0.05, 0) is 12.1 Å². The van der Waals surface area contributed by atoms with Gasteiger partial charge in [0.2, 0.25) is 0 Å². The number of hydrogen-bond acceptors (Lipinski definition) is 3. The number of carbonyl (C=O) groups is 1. The maximum absolute atomic E-state index is 10.9. The molecule has 0 aromatic heterocycles. The van der Waals surface area contributed by atoms with Gasteiger partial charge in [0.1, 0.15) is 11.8 Å². The summed E-state index contributed by atoms with van der Waals surface area (Å²) in [4.78, 5) is 10.9. The summed E-state index contributed by atoms with van der Waals surface area (Å²) in [6, 6.07) is 6.42. The number of ether oxygens (including phenoxy) is 1. The lowest BCUT2D eigenvalue weighted by Crippen LogP contribution is -2.05. The Balaban J connectivity index is 2.88. The smallest absolute Gasteiger partial charge is 0.310 e. The van der Waals surface area contributed by atoms with Gasteiger partial charge in [-0.2, -0.15) is 5.26 Å². The fraction of sp³-hybridized carbons (Fsp3) is 0.200. The van der Waals surface area contributed by atoms with E-state index in [0.29, 0.717) is 17.7 Å². The first-order chi connectivity index (χ1) is 6.67. The molecule has 0 saturated heterocycles. The van der Waals surface area contributed by atoms with Crippen LogP contribution in [0, 0.1) is 11.3 Å². The highest BCUT2D eigenvalue weighted by Gasteiger charge is 2.04. The third-order valence-electron chi connectivity index (χ3n) is 1.58. The van der Waals surface area contributed by atoms with Crippen LogP contribution in [0.3, 0.4) is 0 Å². The van der Waals surface area contributed by atoms with Crippen molar-refractivity contribution in [2.24, 2.45) is 0 Å². The molecule has 0 unspecified atom stereocenters. The van der Waals surface area contributed by atoms with Crippen LogP contribution in [0.4, 0.5) is 0 Å². The number of hydrogen-bond donors (Lipinski definition) is 0. The molecule has 72 valence electrons. The molecule has 1 rings (SSSR count). The first kappa shape index (κ1) is 10.6. The number of nitriles is 1. The summed E-state index contributed by atoms with van der Waals surface area (Å²) >= 11 is 5.74. The maximum Gasteiger partial charge on any atom is 0.310 e. The molecule has 0 amide bonds. The van der Waals surface area contributed by atoms with Gasteiger partial charge in [0, 0.05) is 12.5 Å². The zero-order valence-electron chi connectivity index (χ0n) is 7.58. The zero-order chi connectivity index (χ0) is 10.6. The van der Waals surface area contributed by atoms with Crippen molar-refractivity contribution >= 4 is 17.6 Å². The van der Waals surface area contributed by atoms with Gasteiger partial charge in [-0.1, -0.05) is 18.5 Å². The molecule has 0 bridgehead atoms. The molecule has 0 N–H and O–H groups in total. The Morgan fingerprint density at radius 3 is 2.86 bits per heavy atom. The van der Waals surface area contributed by atoms with Crippen LogP contribution in [0.1, 0.15) is 18.9 Å². The van der Waals surface area contributed by atoms with Gasteiger partial charge >= 0.3 is 5.97 Å². The SMILES string of the molecule is CCC(=O)Oc1ccc(C#N)c(Cl)c1. The van der Waals surface area contributed by atoms with E-state index in [4.69, 9.17) is 21.6 Å². The molecular formula is C10H8ClNO2. The van der Waals surface area contributed by atoms with Crippen LogP contribution in [-0.2, 0) is 4.79 Å². The summed E-state index contributed by atoms with van der Waals surface area (Å²) in [6.07, 6.45) is 0.303. The Bertz CT molecular complexity index is 396. The van der Waals surface area contributed by atoms with E-state index < -0.39 is 0 Å². The predicted molar refractivity (Wildman–Crippen MR) is 52.1 cm³/mol. The molecule has 0 heterocycles. The molecule has 1 aromatic rings. The largest absolute Gasteiger partial charge is 0.426 e. The van der Waals surface area contributed by atoms with E-state index >= 15 is 0 Å². The lowest BCUT2D eigenvalue weighted by molar-refractivity contribution is -0.134. The average Bonchev–Trinajstić information content (AvgIpc) is 2.18. The topological polar surface area (TPSA) is 50.1 Å². The van der Waals surface area contributed by atoms with Gasteiger partial charge < -0.3 is 4.74 Å². The van der Waals surface area contributed by atoms with Crippen LogP contribution in [0.2, 0.25) is 5.02 Å². The standard InChI is InChI=1S/C10H8ClNO2/c1-2-10(13)14-8-4-3-7(6-12)9(11)5-8/h3-5H,2H2,1H3. The van der Waals surface area contributed by atoms with Gasteiger partial charge in [0.05, 0.1) is 10.6 Å². The lowest BCUT2D eigenvalue weighted by Gasteiger charge is -2.02. The molecule has 0 spiro atoms. The van der Waals surface area contributed by atoms with Gasteiger partial charge in [-0.3, -0.25) is 4.79 Å². The highest BCUT2D eigenvalue weighted by molar-refractivity contribution is 6.31. The molecule has 0 atom stereocenters. The van der Waals surface area contributed by atoms with Gasteiger partial charge in [0.25, 0.3) is 0 Å². The summed E-state index contributed by atoms with van der Waals surface area (Å²) in [6.45, 7) is 1.70. The Morgan fingerprint density at radius 1 is 1.64 bits per heavy atom. The van der Waals surface area contributed by atoms with Crippen LogP contribution < -0.4 is 4.74 Å². The van der Waals surface area contributed by atoms with Crippen LogP contribution >= 0.6 is 11.6 Å². The van der Waals surface area contributed by atoms with Crippen molar-refractivity contribution in [2.75, 3.05) is 0 Å². The fourth-order valence-corrected chi connectivity index (χ4v) is 1.07. The van der Waals surface area contributed by atoms with Crippen molar-refractivity contribution in [1.29, 1.82) is 5.26 Å². The van der Waals surface area contributed by atoms with E-state index in [0.717, 1.165) is 0 Å². The summed E-state index contributed by atoms with van der Waals surface area (Å²) in [7, 11) is 0. The lowest BCUT2D eigenvalue weighted by atomic mass is 10.2. The Hall–Kier alpha value is -1.53. The number of halogens is 1. The number of rotatable bonds is 2. The number of carbonyl (C=O) groups excluding carboxylic acids is 1. The molecule has 0 radical (unpaired) electrons. The first-order valence-corrected chi connectivity index (χ1v) is 4.45. The molecule has 0 aliphatic rings. The molecule has 0 aliphatic carbocycles. The normalized spacial score (nSPS) is 9.21. The molecule has 14 heavy (non-hydrogen) atoms. The second kappa shape index (κ2) is 4.64. The molecule has 0 fully saturated rings. The molecule has 1 aromatic carbocycles. The molecular weight excluding hydrogens is 202 g/mol. The third kappa shape index (κ3) is 2.48. The summed E-state index contributed by atoms with van der Waals surface area (Å²) in [5, 5.41) is 8.88. The summed E-state index contributed by atoms with van der Waals surface area (Å²) < 4.78 is 4.91. The van der Waals surface area contributed by atoms with Crippen molar-refractivity contribution < 1.29 is 9.53 Å². The van der Waals surface area contributed by atoms with Crippen molar-refractivity contribution in [3.8, 4) is 11.8 Å². The third-order valence-corrected chi connectivity index (χ3v) is 1.89. The first-order valence-electron chi connectivity index (χ1n) is 4.07. The monoisotopic (exact) mass is 209 g/mol. The number of nitrogens with zero attached hydrogens (tertiary/aromatic N) is 1. The van der Waals surface area contributed by atoms with Crippen LogP contribution in [0.25, 0.3) is 0 Å². The zero-order valence-corrected chi connectivity index (χ0v) is 8.34. The number of esters is 1. The second-order valence-electron chi connectivity index (χ2n) is 2.58. The van der Waals surface area contributed by atoms with E-state index in [1.165, 1.54) is 18.2 Å². The Labute approximate surface area is 86.9 Å². The van der Waals surface area contributed by atoms with Crippen molar-refractivity contribution in [3.63, 3.8) is 0 Å². The Morgan fingerprint density at radius 2 is 2.36 bits per heavy atom. The quantitative estimate of drug-likeness (QED) is 0.556. The fourth-order valence-electron chi connectivity index (χ4n) is 0.854. The molecule has 0 aliphatic heterocycles. The highest BCUT2D eigenvalue weighted by Crippen LogP contribution is 2.21. The van der Waals surface area contributed by atoms with Gasteiger partial charge in [0.15, 0.2) is 0 Å². The Kier molecular flexibility index (Phi) is 3.49. The minimum absolute atomic E-state index is 0.286. The number of benzene rings is 1. The van der Waals surface area contributed by atoms with Gasteiger partial charge in [-0.25, -0.2) is 0 Å².